The number of anilines is 1. The van der Waals surface area contributed by atoms with E-state index in [1.54, 1.807) is 35.0 Å². The van der Waals surface area contributed by atoms with Gasteiger partial charge in [-0.05, 0) is 30.2 Å². The molecule has 9 heteroatoms. The first-order valence-corrected chi connectivity index (χ1v) is 11.3. The van der Waals surface area contributed by atoms with Crippen molar-refractivity contribution in [1.82, 2.24) is 19.0 Å². The number of nitrogens with zero attached hydrogens (tertiary/aromatic N) is 5. The van der Waals surface area contributed by atoms with E-state index in [9.17, 15) is 13.2 Å². The largest absolute Gasteiger partial charge is 0.362 e. The van der Waals surface area contributed by atoms with Crippen molar-refractivity contribution < 1.29 is 13.2 Å². The Labute approximate surface area is 172 Å². The van der Waals surface area contributed by atoms with Crippen LogP contribution >= 0.6 is 0 Å². The van der Waals surface area contributed by atoms with Gasteiger partial charge in [-0.3, -0.25) is 9.48 Å². The summed E-state index contributed by atoms with van der Waals surface area (Å²) in [5.41, 5.74) is 2.89. The Morgan fingerprint density at radius 1 is 1.24 bits per heavy atom. The third-order valence-electron chi connectivity index (χ3n) is 5.32. The first-order valence-electron chi connectivity index (χ1n) is 9.85. The lowest BCUT2D eigenvalue weighted by atomic mass is 10.2. The summed E-state index contributed by atoms with van der Waals surface area (Å²) in [5, 5.41) is 4.13. The van der Waals surface area contributed by atoms with E-state index >= 15 is 0 Å². The summed E-state index contributed by atoms with van der Waals surface area (Å²) in [7, 11) is 0.155. The highest BCUT2D eigenvalue weighted by molar-refractivity contribution is 7.89. The standard InChI is InChI=1S/C20H29N5O3S/c1-5-25(6-2)29(27,28)18-7-8-19-17(11-18)9-10-24(19)15-20(26)22(3)13-16-12-21-23(4)14-16/h7-8,11-12,14H,5-6,9-10,13,15H2,1-4H3. The molecule has 1 aromatic heterocycles. The van der Waals surface area contributed by atoms with E-state index < -0.39 is 10.0 Å². The van der Waals surface area contributed by atoms with Crippen LogP contribution in [0.3, 0.4) is 0 Å². The summed E-state index contributed by atoms with van der Waals surface area (Å²) in [6, 6.07) is 5.23. The van der Waals surface area contributed by atoms with Crippen LogP contribution in [0.4, 0.5) is 5.69 Å². The molecule has 0 fully saturated rings. The predicted molar refractivity (Wildman–Crippen MR) is 112 cm³/mol. The Morgan fingerprint density at radius 3 is 2.59 bits per heavy atom. The van der Waals surface area contributed by atoms with E-state index in [4.69, 9.17) is 0 Å². The zero-order valence-corrected chi connectivity index (χ0v) is 18.3. The van der Waals surface area contributed by atoms with Crippen LogP contribution in [-0.4, -0.2) is 66.5 Å². The minimum atomic E-state index is -3.48. The lowest BCUT2D eigenvalue weighted by Gasteiger charge is -2.23. The molecule has 1 aromatic carbocycles. The number of likely N-dealkylation sites (N-methyl/N-ethyl adjacent to an activating group) is 1. The molecule has 2 aromatic rings. The summed E-state index contributed by atoms with van der Waals surface area (Å²) in [4.78, 5) is 16.7. The highest BCUT2D eigenvalue weighted by atomic mass is 32.2. The van der Waals surface area contributed by atoms with Gasteiger partial charge in [0.1, 0.15) is 0 Å². The normalized spacial score (nSPS) is 13.8. The maximum Gasteiger partial charge on any atom is 0.243 e. The minimum absolute atomic E-state index is 0.0153. The molecule has 8 nitrogen and oxygen atoms in total. The van der Waals surface area contributed by atoms with Crippen LogP contribution in [0, 0.1) is 0 Å². The highest BCUT2D eigenvalue weighted by Crippen LogP contribution is 2.31. The molecule has 0 spiro atoms. The first-order chi connectivity index (χ1) is 13.8. The zero-order valence-electron chi connectivity index (χ0n) is 17.5. The number of carbonyl (C=O) groups excluding carboxylic acids is 1. The van der Waals surface area contributed by atoms with E-state index in [2.05, 4.69) is 5.10 Å². The van der Waals surface area contributed by atoms with Crippen molar-refractivity contribution in [3.8, 4) is 0 Å². The van der Waals surface area contributed by atoms with Gasteiger partial charge in [0.2, 0.25) is 15.9 Å². The van der Waals surface area contributed by atoms with Crippen LogP contribution in [0.15, 0.2) is 35.5 Å². The van der Waals surface area contributed by atoms with Gasteiger partial charge in [0, 0.05) is 57.7 Å². The molecule has 0 saturated carbocycles. The second kappa shape index (κ2) is 8.54. The van der Waals surface area contributed by atoms with Crippen LogP contribution in [0.5, 0.6) is 0 Å². The van der Waals surface area contributed by atoms with Crippen LogP contribution in [-0.2, 0) is 34.8 Å². The molecule has 1 aliphatic heterocycles. The monoisotopic (exact) mass is 419 g/mol. The molecule has 1 aliphatic rings. The molecule has 158 valence electrons. The van der Waals surface area contributed by atoms with Crippen molar-refractivity contribution >= 4 is 21.6 Å². The van der Waals surface area contributed by atoms with Crippen molar-refractivity contribution in [3.63, 3.8) is 0 Å². The number of benzene rings is 1. The van der Waals surface area contributed by atoms with E-state index in [-0.39, 0.29) is 12.5 Å². The number of rotatable bonds is 8. The number of hydrogen-bond donors (Lipinski definition) is 0. The van der Waals surface area contributed by atoms with Gasteiger partial charge in [-0.15, -0.1) is 0 Å². The Balaban J connectivity index is 1.70. The fourth-order valence-corrected chi connectivity index (χ4v) is 5.19. The number of aryl methyl sites for hydroxylation is 1. The summed E-state index contributed by atoms with van der Waals surface area (Å²) in [6.07, 6.45) is 4.39. The molecule has 0 saturated heterocycles. The second-order valence-corrected chi connectivity index (χ2v) is 9.26. The molecule has 2 heterocycles. The lowest BCUT2D eigenvalue weighted by Crippen LogP contribution is -2.37. The van der Waals surface area contributed by atoms with E-state index in [1.165, 1.54) is 4.31 Å². The van der Waals surface area contributed by atoms with Gasteiger partial charge in [-0.25, -0.2) is 8.42 Å². The van der Waals surface area contributed by atoms with Crippen LogP contribution in [0.25, 0.3) is 0 Å². The SMILES string of the molecule is CCN(CC)S(=O)(=O)c1ccc2c(c1)CCN2CC(=O)N(C)Cc1cnn(C)c1. The number of sulfonamides is 1. The Bertz CT molecular complexity index is 982. The maximum absolute atomic E-state index is 12.8. The number of hydrogen-bond acceptors (Lipinski definition) is 5. The number of carbonyl (C=O) groups is 1. The van der Waals surface area contributed by atoms with Gasteiger partial charge < -0.3 is 9.80 Å². The van der Waals surface area contributed by atoms with Crippen molar-refractivity contribution in [3.05, 3.63) is 41.7 Å². The van der Waals surface area contributed by atoms with Crippen molar-refractivity contribution in [2.45, 2.75) is 31.7 Å². The van der Waals surface area contributed by atoms with Gasteiger partial charge in [-0.1, -0.05) is 13.8 Å². The zero-order chi connectivity index (χ0) is 21.2. The third-order valence-corrected chi connectivity index (χ3v) is 7.36. The van der Waals surface area contributed by atoms with E-state index in [1.807, 2.05) is 38.1 Å². The highest BCUT2D eigenvalue weighted by Gasteiger charge is 2.27. The average molecular weight is 420 g/mol. The number of fused-ring (bicyclic) bond motifs is 1. The molecule has 0 bridgehead atoms. The van der Waals surface area contributed by atoms with Crippen molar-refractivity contribution in [1.29, 1.82) is 0 Å². The quantitative estimate of drug-likeness (QED) is 0.648. The summed E-state index contributed by atoms with van der Waals surface area (Å²) < 4.78 is 28.7. The molecule has 0 unspecified atom stereocenters. The summed E-state index contributed by atoms with van der Waals surface area (Å²) >= 11 is 0. The van der Waals surface area contributed by atoms with Crippen molar-refractivity contribution in [2.75, 3.05) is 38.1 Å². The molecule has 3 rings (SSSR count). The smallest absolute Gasteiger partial charge is 0.243 e. The molecule has 1 amide bonds. The van der Waals surface area contributed by atoms with Gasteiger partial charge in [0.25, 0.3) is 0 Å². The Kier molecular flexibility index (Phi) is 6.28. The topological polar surface area (TPSA) is 78.8 Å². The lowest BCUT2D eigenvalue weighted by molar-refractivity contribution is -0.128. The van der Waals surface area contributed by atoms with Gasteiger partial charge >= 0.3 is 0 Å². The van der Waals surface area contributed by atoms with Crippen LogP contribution in [0.1, 0.15) is 25.0 Å². The average Bonchev–Trinajstić information content (AvgIpc) is 3.28. The fourth-order valence-electron chi connectivity index (χ4n) is 3.68. The molecule has 0 radical (unpaired) electrons. The number of amides is 1. The molecule has 0 atom stereocenters. The maximum atomic E-state index is 12.8. The minimum Gasteiger partial charge on any atom is -0.362 e. The third kappa shape index (κ3) is 4.45. The first kappa shape index (κ1) is 21.3. The molecular formula is C20H29N5O3S. The van der Waals surface area contributed by atoms with Gasteiger partial charge in [0.05, 0.1) is 17.6 Å². The molecule has 0 aliphatic carbocycles. The Hall–Kier alpha value is -2.39. The second-order valence-electron chi connectivity index (χ2n) is 7.32. The van der Waals surface area contributed by atoms with Gasteiger partial charge in [-0.2, -0.15) is 9.40 Å². The van der Waals surface area contributed by atoms with Crippen LogP contribution < -0.4 is 4.90 Å². The molecule has 0 N–H and O–H groups in total. The number of aromatic nitrogens is 2. The molecule has 29 heavy (non-hydrogen) atoms. The van der Waals surface area contributed by atoms with Crippen molar-refractivity contribution in [2.24, 2.45) is 7.05 Å². The Morgan fingerprint density at radius 2 is 1.97 bits per heavy atom. The van der Waals surface area contributed by atoms with Crippen LogP contribution in [0.2, 0.25) is 0 Å². The predicted octanol–water partition coefficient (Wildman–Crippen LogP) is 1.47. The molecular weight excluding hydrogens is 390 g/mol. The van der Waals surface area contributed by atoms with Gasteiger partial charge in [0.15, 0.2) is 0 Å². The summed E-state index contributed by atoms with van der Waals surface area (Å²) in [5.74, 6) is 0.0153. The van der Waals surface area contributed by atoms with E-state index in [0.717, 1.165) is 23.2 Å². The fraction of sp³-hybridized carbons (Fsp3) is 0.500. The van der Waals surface area contributed by atoms with E-state index in [0.29, 0.717) is 31.1 Å². The summed E-state index contributed by atoms with van der Waals surface area (Å²) in [6.45, 7) is 6.05.